The third kappa shape index (κ3) is 4.57. The van der Waals surface area contributed by atoms with E-state index in [1.54, 1.807) is 19.1 Å². The van der Waals surface area contributed by atoms with Gasteiger partial charge in [-0.3, -0.25) is 9.59 Å². The lowest BCUT2D eigenvalue weighted by Crippen LogP contribution is -2.49. The minimum atomic E-state index is -0.642. The molecule has 32 heavy (non-hydrogen) atoms. The van der Waals surface area contributed by atoms with Gasteiger partial charge in [0.1, 0.15) is 10.9 Å². The van der Waals surface area contributed by atoms with Crippen LogP contribution in [0.4, 0.5) is 5.13 Å². The Morgan fingerprint density at radius 1 is 1.19 bits per heavy atom. The smallest absolute Gasteiger partial charge is 0.350 e. The highest BCUT2D eigenvalue weighted by atomic mass is 32.1. The molecule has 3 aromatic rings. The maximum Gasteiger partial charge on any atom is 0.350 e. The molecule has 4 rings (SSSR count). The van der Waals surface area contributed by atoms with Crippen molar-refractivity contribution in [2.24, 2.45) is 0 Å². The lowest BCUT2D eigenvalue weighted by atomic mass is 10.0. The number of benzene rings is 1. The number of likely N-dealkylation sites (tertiary alicyclic amines) is 1. The van der Waals surface area contributed by atoms with E-state index in [0.717, 1.165) is 29.7 Å². The monoisotopic (exact) mass is 453 g/mol. The van der Waals surface area contributed by atoms with E-state index in [1.165, 1.54) is 11.2 Å². The lowest BCUT2D eigenvalue weighted by molar-refractivity contribution is -0.121. The van der Waals surface area contributed by atoms with Crippen molar-refractivity contribution < 1.29 is 23.5 Å². The summed E-state index contributed by atoms with van der Waals surface area (Å²) in [5.74, 6) is -0.939. The Kier molecular flexibility index (Phi) is 6.65. The van der Waals surface area contributed by atoms with Crippen molar-refractivity contribution in [1.82, 2.24) is 9.88 Å². The fourth-order valence-electron chi connectivity index (χ4n) is 3.68. The number of nitrogens with one attached hydrogen (secondary N) is 1. The van der Waals surface area contributed by atoms with Crippen LogP contribution in [-0.2, 0) is 9.53 Å². The van der Waals surface area contributed by atoms with Crippen LogP contribution in [0.2, 0.25) is 0 Å². The van der Waals surface area contributed by atoms with E-state index in [9.17, 15) is 14.4 Å². The number of amides is 2. The number of carbonyl (C=O) groups excluding carboxylic acids is 3. The molecule has 2 aromatic heterocycles. The van der Waals surface area contributed by atoms with Gasteiger partial charge in [0.05, 0.1) is 18.6 Å². The zero-order valence-electron chi connectivity index (χ0n) is 17.6. The molecule has 1 aromatic carbocycles. The van der Waals surface area contributed by atoms with Gasteiger partial charge in [-0.05, 0) is 38.3 Å². The van der Waals surface area contributed by atoms with E-state index in [4.69, 9.17) is 9.15 Å². The average Bonchev–Trinajstić information content (AvgIpc) is 3.50. The van der Waals surface area contributed by atoms with Crippen molar-refractivity contribution in [1.29, 1.82) is 0 Å². The number of carbonyl (C=O) groups is 3. The van der Waals surface area contributed by atoms with Crippen LogP contribution in [-0.4, -0.2) is 46.9 Å². The summed E-state index contributed by atoms with van der Waals surface area (Å²) in [6.45, 7) is 2.44. The fraction of sp³-hybridized carbons (Fsp3) is 0.304. The largest absolute Gasteiger partial charge is 0.462 e. The zero-order chi connectivity index (χ0) is 22.5. The maximum atomic E-state index is 13.1. The van der Waals surface area contributed by atoms with Gasteiger partial charge in [-0.2, -0.15) is 0 Å². The van der Waals surface area contributed by atoms with Gasteiger partial charge in [0, 0.05) is 12.1 Å². The first-order valence-corrected chi connectivity index (χ1v) is 11.3. The van der Waals surface area contributed by atoms with Crippen molar-refractivity contribution in [3.8, 4) is 11.3 Å². The molecule has 1 N–H and O–H groups in total. The summed E-state index contributed by atoms with van der Waals surface area (Å²) in [7, 11) is 0. The molecular formula is C23H23N3O5S. The summed E-state index contributed by atoms with van der Waals surface area (Å²) in [6, 6.07) is 11.8. The second-order valence-corrected chi connectivity index (χ2v) is 8.26. The van der Waals surface area contributed by atoms with Gasteiger partial charge in [0.15, 0.2) is 10.9 Å². The first-order chi connectivity index (χ1) is 15.6. The third-order valence-corrected chi connectivity index (χ3v) is 6.11. The average molecular weight is 454 g/mol. The Bertz CT molecular complexity index is 1090. The van der Waals surface area contributed by atoms with Gasteiger partial charge < -0.3 is 19.4 Å². The fourth-order valence-corrected chi connectivity index (χ4v) is 4.56. The number of aromatic nitrogens is 1. The molecule has 1 aliphatic rings. The molecule has 1 saturated heterocycles. The first-order valence-electron chi connectivity index (χ1n) is 10.5. The molecule has 3 heterocycles. The van der Waals surface area contributed by atoms with E-state index in [2.05, 4.69) is 10.3 Å². The second-order valence-electron chi connectivity index (χ2n) is 7.26. The summed E-state index contributed by atoms with van der Waals surface area (Å²) in [5.41, 5.74) is 1.20. The maximum absolute atomic E-state index is 13.1. The van der Waals surface area contributed by atoms with E-state index >= 15 is 0 Å². The van der Waals surface area contributed by atoms with Crippen molar-refractivity contribution in [2.45, 2.75) is 32.2 Å². The minimum Gasteiger partial charge on any atom is -0.462 e. The van der Waals surface area contributed by atoms with Crippen molar-refractivity contribution in [3.05, 3.63) is 59.4 Å². The molecule has 166 valence electrons. The molecule has 1 fully saturated rings. The molecule has 0 radical (unpaired) electrons. The number of furan rings is 1. The van der Waals surface area contributed by atoms with Gasteiger partial charge in [0.2, 0.25) is 5.91 Å². The molecule has 0 saturated carbocycles. The van der Waals surface area contributed by atoms with E-state index in [-0.39, 0.29) is 29.3 Å². The number of anilines is 1. The van der Waals surface area contributed by atoms with Crippen LogP contribution in [0.1, 0.15) is 46.4 Å². The molecule has 0 aliphatic carbocycles. The summed E-state index contributed by atoms with van der Waals surface area (Å²) >= 11 is 1.06. The molecule has 0 bridgehead atoms. The van der Waals surface area contributed by atoms with Crippen LogP contribution >= 0.6 is 11.3 Å². The van der Waals surface area contributed by atoms with E-state index in [1.807, 2.05) is 30.3 Å². The summed E-state index contributed by atoms with van der Waals surface area (Å²) in [6.07, 6.45) is 3.63. The zero-order valence-corrected chi connectivity index (χ0v) is 18.4. The van der Waals surface area contributed by atoms with Crippen molar-refractivity contribution in [2.75, 3.05) is 18.5 Å². The summed E-state index contributed by atoms with van der Waals surface area (Å²) < 4.78 is 10.4. The minimum absolute atomic E-state index is 0.204. The number of rotatable bonds is 6. The Morgan fingerprint density at radius 2 is 2.00 bits per heavy atom. The van der Waals surface area contributed by atoms with Crippen molar-refractivity contribution >= 4 is 34.3 Å². The standard InChI is InChI=1S/C23H23N3O5S/c1-2-30-22(29)19-18(15-9-4-3-5-10-15)24-23(32-19)25-20(27)16-11-6-7-13-26(16)21(28)17-12-8-14-31-17/h3-5,8-10,12,14,16H,2,6-7,11,13H2,1H3,(H,24,25,27). The number of esters is 1. The highest BCUT2D eigenvalue weighted by molar-refractivity contribution is 7.18. The number of hydrogen-bond acceptors (Lipinski definition) is 7. The number of nitrogens with zero attached hydrogens (tertiary/aromatic N) is 2. The SMILES string of the molecule is CCOC(=O)c1sc(NC(=O)C2CCCCN2C(=O)c2ccco2)nc1-c1ccccc1. The molecule has 1 atom stereocenters. The summed E-state index contributed by atoms with van der Waals surface area (Å²) in [5, 5.41) is 3.09. The molecule has 9 heteroatoms. The predicted octanol–water partition coefficient (Wildman–Crippen LogP) is 4.21. The molecule has 1 unspecified atom stereocenters. The van der Waals surface area contributed by atoms with Crippen molar-refractivity contribution in [3.63, 3.8) is 0 Å². The quantitative estimate of drug-likeness (QED) is 0.561. The van der Waals surface area contributed by atoms with E-state index in [0.29, 0.717) is 23.5 Å². The van der Waals surface area contributed by atoms with Crippen LogP contribution < -0.4 is 5.32 Å². The Labute approximate surface area is 189 Å². The summed E-state index contributed by atoms with van der Waals surface area (Å²) in [4.78, 5) is 44.8. The Balaban J connectivity index is 1.58. The Hall–Kier alpha value is -3.46. The molecule has 8 nitrogen and oxygen atoms in total. The van der Waals surface area contributed by atoms with Crippen LogP contribution in [0.25, 0.3) is 11.3 Å². The van der Waals surface area contributed by atoms with E-state index < -0.39 is 12.0 Å². The number of thiazole rings is 1. The highest BCUT2D eigenvalue weighted by Crippen LogP contribution is 2.32. The number of ether oxygens (including phenoxy) is 1. The Morgan fingerprint density at radius 3 is 2.72 bits per heavy atom. The predicted molar refractivity (Wildman–Crippen MR) is 120 cm³/mol. The molecule has 1 aliphatic heterocycles. The lowest BCUT2D eigenvalue weighted by Gasteiger charge is -2.33. The van der Waals surface area contributed by atoms with Crippen LogP contribution in [0.15, 0.2) is 53.1 Å². The first kappa shape index (κ1) is 21.8. The van der Waals surface area contributed by atoms with Crippen LogP contribution in [0.5, 0.6) is 0 Å². The van der Waals surface area contributed by atoms with Gasteiger partial charge in [0.25, 0.3) is 5.91 Å². The van der Waals surface area contributed by atoms with Crippen LogP contribution in [0.3, 0.4) is 0 Å². The second kappa shape index (κ2) is 9.78. The van der Waals surface area contributed by atoms with Gasteiger partial charge >= 0.3 is 5.97 Å². The van der Waals surface area contributed by atoms with Gasteiger partial charge in [-0.15, -0.1) is 0 Å². The third-order valence-electron chi connectivity index (χ3n) is 5.16. The van der Waals surface area contributed by atoms with Gasteiger partial charge in [-0.1, -0.05) is 41.7 Å². The van der Waals surface area contributed by atoms with Gasteiger partial charge in [-0.25, -0.2) is 9.78 Å². The highest BCUT2D eigenvalue weighted by Gasteiger charge is 2.34. The molecule has 2 amide bonds. The normalized spacial score (nSPS) is 15.9. The molecule has 0 spiro atoms. The number of piperidine rings is 1. The van der Waals surface area contributed by atoms with Crippen LogP contribution in [0, 0.1) is 0 Å². The molecular weight excluding hydrogens is 430 g/mol. The topological polar surface area (TPSA) is 102 Å². The number of hydrogen-bond donors (Lipinski definition) is 1.